The Hall–Kier alpha value is -3.08. The Bertz CT molecular complexity index is 1040. The third-order valence-electron chi connectivity index (χ3n) is 5.43. The van der Waals surface area contributed by atoms with Gasteiger partial charge in [0.05, 0.1) is 6.04 Å². The number of aromatic nitrogens is 1. The molecule has 3 aromatic rings. The standard InChI is InChI=1S/C23H25N3O2/c1-3-13-24-20(27)12-14-26-22(16-8-4-5-9-17(16)23(26)28)21-15(2)25-19-11-7-6-10-18(19)21/h4-11,22,25H,3,12-14H2,1-2H3,(H,24,27). The van der Waals surface area contributed by atoms with E-state index in [9.17, 15) is 9.59 Å². The zero-order valence-electron chi connectivity index (χ0n) is 16.3. The van der Waals surface area contributed by atoms with Crippen molar-refractivity contribution in [2.45, 2.75) is 32.7 Å². The average molecular weight is 375 g/mol. The highest BCUT2D eigenvalue weighted by Crippen LogP contribution is 2.42. The van der Waals surface area contributed by atoms with Crippen LogP contribution < -0.4 is 5.32 Å². The molecule has 0 radical (unpaired) electrons. The lowest BCUT2D eigenvalue weighted by molar-refractivity contribution is -0.121. The van der Waals surface area contributed by atoms with E-state index in [1.54, 1.807) is 0 Å². The number of aromatic amines is 1. The van der Waals surface area contributed by atoms with Crippen LogP contribution in [0, 0.1) is 6.92 Å². The fourth-order valence-corrected chi connectivity index (χ4v) is 4.14. The Balaban J connectivity index is 1.74. The van der Waals surface area contributed by atoms with Crippen LogP contribution in [0.4, 0.5) is 0 Å². The van der Waals surface area contributed by atoms with Crippen LogP contribution in [0.1, 0.15) is 53.0 Å². The van der Waals surface area contributed by atoms with Crippen LogP contribution in [0.25, 0.3) is 10.9 Å². The first-order chi connectivity index (χ1) is 13.6. The van der Waals surface area contributed by atoms with E-state index in [0.29, 0.717) is 19.5 Å². The van der Waals surface area contributed by atoms with Gasteiger partial charge in [-0.05, 0) is 31.0 Å². The number of nitrogens with one attached hydrogen (secondary N) is 2. The molecular weight excluding hydrogens is 350 g/mol. The Kier molecular flexibility index (Phi) is 4.90. The zero-order chi connectivity index (χ0) is 19.7. The Morgan fingerprint density at radius 2 is 1.89 bits per heavy atom. The maximum Gasteiger partial charge on any atom is 0.255 e. The van der Waals surface area contributed by atoms with Crippen molar-refractivity contribution in [3.8, 4) is 0 Å². The van der Waals surface area contributed by atoms with E-state index < -0.39 is 0 Å². The number of carbonyl (C=O) groups excluding carboxylic acids is 2. The van der Waals surface area contributed by atoms with E-state index >= 15 is 0 Å². The molecule has 4 rings (SSSR count). The van der Waals surface area contributed by atoms with Gasteiger partial charge in [0, 0.05) is 47.2 Å². The topological polar surface area (TPSA) is 65.2 Å². The van der Waals surface area contributed by atoms with Crippen molar-refractivity contribution < 1.29 is 9.59 Å². The lowest BCUT2D eigenvalue weighted by Crippen LogP contribution is -2.34. The summed E-state index contributed by atoms with van der Waals surface area (Å²) < 4.78 is 0. The highest BCUT2D eigenvalue weighted by molar-refractivity contribution is 6.01. The number of rotatable bonds is 6. The van der Waals surface area contributed by atoms with Crippen LogP contribution >= 0.6 is 0 Å². The molecule has 0 aliphatic carbocycles. The number of amides is 2. The predicted molar refractivity (Wildman–Crippen MR) is 110 cm³/mol. The molecule has 0 spiro atoms. The van der Waals surface area contributed by atoms with Crippen LogP contribution in [-0.2, 0) is 4.79 Å². The van der Waals surface area contributed by atoms with Gasteiger partial charge < -0.3 is 15.2 Å². The van der Waals surface area contributed by atoms with Crippen molar-refractivity contribution in [2.75, 3.05) is 13.1 Å². The van der Waals surface area contributed by atoms with E-state index in [1.165, 1.54) is 0 Å². The fourth-order valence-electron chi connectivity index (χ4n) is 4.14. The molecule has 1 aliphatic rings. The van der Waals surface area contributed by atoms with Gasteiger partial charge in [0.15, 0.2) is 0 Å². The number of fused-ring (bicyclic) bond motifs is 2. The normalized spacial score (nSPS) is 15.9. The molecule has 5 nitrogen and oxygen atoms in total. The van der Waals surface area contributed by atoms with Crippen LogP contribution in [0.15, 0.2) is 48.5 Å². The summed E-state index contributed by atoms with van der Waals surface area (Å²) in [6, 6.07) is 15.8. The Labute approximate surface area is 164 Å². The molecular formula is C23H25N3O2. The summed E-state index contributed by atoms with van der Waals surface area (Å²) in [7, 11) is 0. The van der Waals surface area contributed by atoms with Crippen molar-refractivity contribution in [3.63, 3.8) is 0 Å². The lowest BCUT2D eigenvalue weighted by atomic mass is 9.95. The van der Waals surface area contributed by atoms with Crippen molar-refractivity contribution >= 4 is 22.7 Å². The predicted octanol–water partition coefficient (Wildman–Crippen LogP) is 3.94. The summed E-state index contributed by atoms with van der Waals surface area (Å²) in [5, 5.41) is 4.02. The molecule has 1 unspecified atom stereocenters. The van der Waals surface area contributed by atoms with Gasteiger partial charge in [-0.3, -0.25) is 9.59 Å². The number of aryl methyl sites for hydroxylation is 1. The minimum atomic E-state index is -0.182. The number of nitrogens with zero attached hydrogens (tertiary/aromatic N) is 1. The van der Waals surface area contributed by atoms with Crippen LogP contribution in [0.2, 0.25) is 0 Å². The zero-order valence-corrected chi connectivity index (χ0v) is 16.3. The van der Waals surface area contributed by atoms with Crippen molar-refractivity contribution in [1.82, 2.24) is 15.2 Å². The minimum absolute atomic E-state index is 0.00595. The largest absolute Gasteiger partial charge is 0.358 e. The number of benzene rings is 2. The first kappa shape index (κ1) is 18.3. The second kappa shape index (κ2) is 7.50. The summed E-state index contributed by atoms with van der Waals surface area (Å²) in [4.78, 5) is 30.6. The summed E-state index contributed by atoms with van der Waals surface area (Å²) in [6.45, 7) is 5.13. The highest BCUT2D eigenvalue weighted by atomic mass is 16.2. The van der Waals surface area contributed by atoms with Crippen LogP contribution in [0.5, 0.6) is 0 Å². The fraction of sp³-hybridized carbons (Fsp3) is 0.304. The molecule has 5 heteroatoms. The SMILES string of the molecule is CCCNC(=O)CCN1C(=O)c2ccccc2C1c1c(C)[nH]c2ccccc12. The molecule has 2 heterocycles. The van der Waals surface area contributed by atoms with E-state index in [2.05, 4.69) is 22.4 Å². The quantitative estimate of drug-likeness (QED) is 0.685. The summed E-state index contributed by atoms with van der Waals surface area (Å²) >= 11 is 0. The van der Waals surface area contributed by atoms with Gasteiger partial charge in [-0.2, -0.15) is 0 Å². The van der Waals surface area contributed by atoms with E-state index in [1.807, 2.05) is 55.1 Å². The summed E-state index contributed by atoms with van der Waals surface area (Å²) in [5.74, 6) is -0.0198. The van der Waals surface area contributed by atoms with Crippen LogP contribution in [0.3, 0.4) is 0 Å². The third-order valence-corrected chi connectivity index (χ3v) is 5.43. The van der Waals surface area contributed by atoms with Gasteiger partial charge in [-0.1, -0.05) is 43.3 Å². The lowest BCUT2D eigenvalue weighted by Gasteiger charge is -2.26. The van der Waals surface area contributed by atoms with Crippen molar-refractivity contribution in [3.05, 3.63) is 70.9 Å². The molecule has 1 atom stereocenters. The molecule has 0 saturated heterocycles. The van der Waals surface area contributed by atoms with E-state index in [4.69, 9.17) is 0 Å². The highest BCUT2D eigenvalue weighted by Gasteiger charge is 2.39. The molecule has 1 aromatic heterocycles. The second-order valence-electron chi connectivity index (χ2n) is 7.30. The molecule has 0 saturated carbocycles. The first-order valence-electron chi connectivity index (χ1n) is 9.85. The molecule has 0 bridgehead atoms. The van der Waals surface area contributed by atoms with Gasteiger partial charge in [-0.15, -0.1) is 0 Å². The smallest absolute Gasteiger partial charge is 0.255 e. The molecule has 144 valence electrons. The Morgan fingerprint density at radius 3 is 2.71 bits per heavy atom. The van der Waals surface area contributed by atoms with Gasteiger partial charge in [0.2, 0.25) is 5.91 Å². The second-order valence-corrected chi connectivity index (χ2v) is 7.30. The maximum absolute atomic E-state index is 13.2. The molecule has 2 N–H and O–H groups in total. The minimum Gasteiger partial charge on any atom is -0.358 e. The summed E-state index contributed by atoms with van der Waals surface area (Å²) in [5.41, 5.74) is 4.96. The molecule has 2 aromatic carbocycles. The van der Waals surface area contributed by atoms with Crippen molar-refractivity contribution in [1.29, 1.82) is 0 Å². The third kappa shape index (κ3) is 3.07. The first-order valence-corrected chi connectivity index (χ1v) is 9.85. The number of H-pyrrole nitrogens is 1. The molecule has 28 heavy (non-hydrogen) atoms. The number of hydrogen-bond acceptors (Lipinski definition) is 2. The number of hydrogen-bond donors (Lipinski definition) is 2. The van der Waals surface area contributed by atoms with Gasteiger partial charge >= 0.3 is 0 Å². The van der Waals surface area contributed by atoms with Gasteiger partial charge in [0.25, 0.3) is 5.91 Å². The number of para-hydroxylation sites is 1. The molecule has 1 aliphatic heterocycles. The summed E-state index contributed by atoms with van der Waals surface area (Å²) in [6.07, 6.45) is 1.20. The van der Waals surface area contributed by atoms with Gasteiger partial charge in [-0.25, -0.2) is 0 Å². The monoisotopic (exact) mass is 375 g/mol. The maximum atomic E-state index is 13.2. The average Bonchev–Trinajstić information content (AvgIpc) is 3.18. The van der Waals surface area contributed by atoms with Crippen molar-refractivity contribution in [2.24, 2.45) is 0 Å². The number of carbonyl (C=O) groups is 2. The molecule has 2 amide bonds. The van der Waals surface area contributed by atoms with Crippen LogP contribution in [-0.4, -0.2) is 34.8 Å². The van der Waals surface area contributed by atoms with E-state index in [-0.39, 0.29) is 17.9 Å². The van der Waals surface area contributed by atoms with E-state index in [0.717, 1.165) is 39.7 Å². The molecule has 0 fully saturated rings. The van der Waals surface area contributed by atoms with Gasteiger partial charge in [0.1, 0.15) is 0 Å². The Morgan fingerprint density at radius 1 is 1.14 bits per heavy atom.